The summed E-state index contributed by atoms with van der Waals surface area (Å²) in [4.78, 5) is 5.40. The van der Waals surface area contributed by atoms with Crippen LogP contribution in [-0.4, -0.2) is 4.98 Å². The lowest BCUT2D eigenvalue weighted by Gasteiger charge is -2.31. The first-order chi connectivity index (χ1) is 24.0. The number of rotatable bonds is 10. The van der Waals surface area contributed by atoms with Gasteiger partial charge in [0.25, 0.3) is 0 Å². The second kappa shape index (κ2) is 17.2. The van der Waals surface area contributed by atoms with Crippen LogP contribution < -0.4 is 65.8 Å². The van der Waals surface area contributed by atoms with E-state index in [2.05, 4.69) is 203 Å². The van der Waals surface area contributed by atoms with E-state index in [1.165, 1.54) is 48.5 Å². The monoisotopic (exact) mass is 829 g/mol. The van der Waals surface area contributed by atoms with Crippen LogP contribution in [0.4, 0.5) is 0 Å². The van der Waals surface area contributed by atoms with Crippen molar-refractivity contribution in [1.29, 1.82) is 0 Å². The van der Waals surface area contributed by atoms with Gasteiger partial charge in [0, 0.05) is 22.5 Å². The van der Waals surface area contributed by atoms with E-state index in [0.29, 0.717) is 0 Å². The Morgan fingerprint density at radius 2 is 0.529 bits per heavy atom. The number of benzene rings is 6. The molecule has 0 radical (unpaired) electrons. The Labute approximate surface area is 326 Å². The molecule has 0 unspecified atom stereocenters. The highest BCUT2D eigenvalue weighted by Gasteiger charge is 2.48. The molecule has 7 rings (SSSR count). The summed E-state index contributed by atoms with van der Waals surface area (Å²) in [6.45, 7) is 6.82. The van der Waals surface area contributed by atoms with E-state index in [4.69, 9.17) is 4.98 Å². The van der Waals surface area contributed by atoms with Crippen molar-refractivity contribution < 1.29 is 34.0 Å². The molecular weight excluding hydrogens is 788 g/mol. The molecule has 1 aromatic heterocycles. The molecular formula is C46H43Br2NP2. The highest BCUT2D eigenvalue weighted by molar-refractivity contribution is 7.95. The van der Waals surface area contributed by atoms with E-state index in [9.17, 15) is 0 Å². The normalized spacial score (nSPS) is 11.3. The molecule has 5 heteroatoms. The second-order valence-corrected chi connectivity index (χ2v) is 19.8. The van der Waals surface area contributed by atoms with Crippen molar-refractivity contribution in [2.24, 2.45) is 0 Å². The van der Waals surface area contributed by atoms with Gasteiger partial charge in [-0.25, -0.2) is 0 Å². The van der Waals surface area contributed by atoms with E-state index in [1.807, 2.05) is 0 Å². The minimum atomic E-state index is -2.12. The molecule has 0 amide bonds. The maximum absolute atomic E-state index is 5.40. The highest BCUT2D eigenvalue weighted by atomic mass is 79.9. The van der Waals surface area contributed by atoms with Crippen LogP contribution in [0, 0.1) is 20.8 Å². The maximum atomic E-state index is 5.40. The van der Waals surface area contributed by atoms with Gasteiger partial charge in [0.05, 0.1) is 0 Å². The van der Waals surface area contributed by atoms with Crippen LogP contribution in [0.5, 0.6) is 0 Å². The summed E-state index contributed by atoms with van der Waals surface area (Å²) >= 11 is 0. The maximum Gasteiger partial charge on any atom is 0.116 e. The van der Waals surface area contributed by atoms with Crippen molar-refractivity contribution in [1.82, 2.24) is 4.98 Å². The third-order valence-corrected chi connectivity index (χ3v) is 18.7. The first-order valence-corrected chi connectivity index (χ1v) is 21.0. The van der Waals surface area contributed by atoms with Gasteiger partial charge < -0.3 is 34.0 Å². The summed E-state index contributed by atoms with van der Waals surface area (Å²) < 4.78 is 0. The average Bonchev–Trinajstić information content (AvgIpc) is 3.17. The average molecular weight is 832 g/mol. The summed E-state index contributed by atoms with van der Waals surface area (Å²) in [6.07, 6.45) is 1.83. The smallest absolute Gasteiger partial charge is 0.116 e. The Balaban J connectivity index is 0.00000252. The quantitative estimate of drug-likeness (QED) is 0.194. The SMILES string of the molecule is Cc1nc(C)c(C[P+](c2ccccc2)(c2ccccc2)c2ccccc2)c(C)c1C[P+](c1ccccc1)(c1ccccc1)c1ccccc1.[Br-].[Br-]. The van der Waals surface area contributed by atoms with E-state index >= 15 is 0 Å². The lowest BCUT2D eigenvalue weighted by atomic mass is 10.0. The number of hydrogen-bond acceptors (Lipinski definition) is 1. The van der Waals surface area contributed by atoms with Crippen LogP contribution in [0.15, 0.2) is 182 Å². The standard InChI is InChI=1S/C46H43NP2.2BrH/c1-36-45(34-48(39-22-10-4-11-23-39,40-24-12-5-13-25-40)41-26-14-6-15-27-41)37(2)47-38(3)46(36)35-49(42-28-16-7-17-29-42,43-30-18-8-19-31-43)44-32-20-9-21-33-44;;/h4-33H,34-35H2,1-3H3;2*1H/q+2;;/p-2. The molecule has 51 heavy (non-hydrogen) atoms. The first kappa shape index (κ1) is 38.5. The summed E-state index contributed by atoms with van der Waals surface area (Å²) in [7, 11) is -4.24. The van der Waals surface area contributed by atoms with Gasteiger partial charge >= 0.3 is 0 Å². The first-order valence-electron chi connectivity index (χ1n) is 17.1. The zero-order valence-corrected chi connectivity index (χ0v) is 34.3. The molecule has 0 bridgehead atoms. The van der Waals surface area contributed by atoms with Gasteiger partial charge in [0.15, 0.2) is 0 Å². The highest BCUT2D eigenvalue weighted by Crippen LogP contribution is 2.61. The number of aromatic nitrogens is 1. The molecule has 7 aromatic rings. The van der Waals surface area contributed by atoms with Gasteiger partial charge in [-0.05, 0) is 99.1 Å². The molecule has 0 fully saturated rings. The number of halogens is 2. The van der Waals surface area contributed by atoms with Gasteiger partial charge in [-0.3, -0.25) is 4.98 Å². The molecule has 0 atom stereocenters. The van der Waals surface area contributed by atoms with E-state index in [1.54, 1.807) is 0 Å². The molecule has 0 aliphatic heterocycles. The largest absolute Gasteiger partial charge is 1.00 e. The van der Waals surface area contributed by atoms with Crippen molar-refractivity contribution in [3.63, 3.8) is 0 Å². The molecule has 0 N–H and O–H groups in total. The third kappa shape index (κ3) is 7.46. The van der Waals surface area contributed by atoms with Crippen LogP contribution in [0.25, 0.3) is 0 Å². The Morgan fingerprint density at radius 3 is 0.725 bits per heavy atom. The van der Waals surface area contributed by atoms with Gasteiger partial charge in [0.2, 0.25) is 0 Å². The fourth-order valence-electron chi connectivity index (χ4n) is 7.59. The number of aryl methyl sites for hydroxylation is 2. The van der Waals surface area contributed by atoms with Gasteiger partial charge in [-0.1, -0.05) is 109 Å². The molecule has 1 heterocycles. The van der Waals surface area contributed by atoms with Crippen LogP contribution in [0.3, 0.4) is 0 Å². The Morgan fingerprint density at radius 1 is 0.333 bits per heavy atom. The van der Waals surface area contributed by atoms with Crippen LogP contribution in [0.2, 0.25) is 0 Å². The van der Waals surface area contributed by atoms with Crippen molar-refractivity contribution >= 4 is 46.4 Å². The summed E-state index contributed by atoms with van der Waals surface area (Å²) in [5, 5.41) is 8.38. The van der Waals surface area contributed by atoms with Crippen molar-refractivity contribution in [3.05, 3.63) is 210 Å². The summed E-state index contributed by atoms with van der Waals surface area (Å²) in [6, 6.07) is 67.4. The van der Waals surface area contributed by atoms with E-state index in [0.717, 1.165) is 23.7 Å². The molecule has 256 valence electrons. The van der Waals surface area contributed by atoms with Crippen LogP contribution in [0.1, 0.15) is 28.1 Å². The molecule has 1 nitrogen and oxygen atoms in total. The Hall–Kier alpha value is -3.71. The fourth-order valence-corrected chi connectivity index (χ4v) is 16.4. The number of nitrogens with zero attached hydrogens (tertiary/aromatic N) is 1. The molecule has 0 aliphatic rings. The van der Waals surface area contributed by atoms with Crippen LogP contribution in [-0.2, 0) is 12.3 Å². The summed E-state index contributed by atoms with van der Waals surface area (Å²) in [5.74, 6) is 0. The molecule has 0 saturated heterocycles. The number of pyridine rings is 1. The van der Waals surface area contributed by atoms with Gasteiger partial charge in [-0.2, -0.15) is 0 Å². The lowest BCUT2D eigenvalue weighted by Crippen LogP contribution is -3.00. The van der Waals surface area contributed by atoms with Crippen molar-refractivity contribution in [2.75, 3.05) is 0 Å². The minimum Gasteiger partial charge on any atom is -1.00 e. The predicted molar refractivity (Wildman–Crippen MR) is 216 cm³/mol. The van der Waals surface area contributed by atoms with Gasteiger partial charge in [-0.15, -0.1) is 0 Å². The zero-order chi connectivity index (χ0) is 33.7. The van der Waals surface area contributed by atoms with Crippen molar-refractivity contribution in [2.45, 2.75) is 33.1 Å². The van der Waals surface area contributed by atoms with E-state index < -0.39 is 14.5 Å². The number of hydrogen-bond donors (Lipinski definition) is 0. The van der Waals surface area contributed by atoms with Crippen molar-refractivity contribution in [3.8, 4) is 0 Å². The lowest BCUT2D eigenvalue weighted by molar-refractivity contribution is -0.001000. The Bertz CT molecular complexity index is 1780. The minimum absolute atomic E-state index is 0. The van der Waals surface area contributed by atoms with Gasteiger partial charge in [0.1, 0.15) is 58.7 Å². The van der Waals surface area contributed by atoms with Crippen LogP contribution >= 0.6 is 14.5 Å². The molecule has 6 aromatic carbocycles. The molecule has 0 spiro atoms. The predicted octanol–water partition coefficient (Wildman–Crippen LogP) is 3.00. The molecule has 0 aliphatic carbocycles. The van der Waals surface area contributed by atoms with E-state index in [-0.39, 0.29) is 34.0 Å². The summed E-state index contributed by atoms with van der Waals surface area (Å²) in [5.41, 5.74) is 6.39. The zero-order valence-electron chi connectivity index (χ0n) is 29.3. The fraction of sp³-hybridized carbons (Fsp3) is 0.109. The topological polar surface area (TPSA) is 12.9 Å². The third-order valence-electron chi connectivity index (χ3n) is 10.1. The Kier molecular flexibility index (Phi) is 13.0. The second-order valence-electron chi connectivity index (χ2n) is 12.8. The molecule has 0 saturated carbocycles.